The van der Waals surface area contributed by atoms with E-state index in [1.807, 2.05) is 30.5 Å². The molecule has 1 aliphatic heterocycles. The lowest BCUT2D eigenvalue weighted by atomic mass is 10.1. The van der Waals surface area contributed by atoms with Gasteiger partial charge in [0, 0.05) is 40.4 Å². The highest BCUT2D eigenvalue weighted by Crippen LogP contribution is 2.40. The van der Waals surface area contributed by atoms with Crippen LogP contribution in [-0.2, 0) is 6.54 Å². The van der Waals surface area contributed by atoms with Crippen LogP contribution in [0.25, 0.3) is 10.8 Å². The number of fused-ring (bicyclic) bond motifs is 2. The molecule has 3 heterocycles. The maximum Gasteiger partial charge on any atom is 0.231 e. The monoisotopic (exact) mass is 357 g/mol. The fourth-order valence-corrected chi connectivity index (χ4v) is 2.86. The molecule has 2 aromatic heterocycles. The summed E-state index contributed by atoms with van der Waals surface area (Å²) in [6, 6.07) is 7.87. The highest BCUT2D eigenvalue weighted by atomic mass is 79.9. The number of ether oxygens (including phenoxy) is 2. The SMILES string of the molecule is Brc1cnc(NCc2cccnc2)c2cc3c(cc12)OCO3. The Kier molecular flexibility index (Phi) is 3.31. The summed E-state index contributed by atoms with van der Waals surface area (Å²) in [5, 5.41) is 5.38. The third-order valence-electron chi connectivity index (χ3n) is 3.51. The van der Waals surface area contributed by atoms with Crippen molar-refractivity contribution in [3.8, 4) is 11.5 Å². The average Bonchev–Trinajstić information content (AvgIpc) is 3.01. The molecule has 0 saturated heterocycles. The molecule has 3 aromatic rings. The van der Waals surface area contributed by atoms with Gasteiger partial charge in [0.25, 0.3) is 0 Å². The van der Waals surface area contributed by atoms with Crippen LogP contribution in [0.3, 0.4) is 0 Å². The van der Waals surface area contributed by atoms with Gasteiger partial charge in [0.1, 0.15) is 5.82 Å². The molecule has 0 radical (unpaired) electrons. The topological polar surface area (TPSA) is 56.3 Å². The van der Waals surface area contributed by atoms with Gasteiger partial charge in [0.05, 0.1) is 0 Å². The van der Waals surface area contributed by atoms with Crippen molar-refractivity contribution in [2.24, 2.45) is 0 Å². The summed E-state index contributed by atoms with van der Waals surface area (Å²) in [4.78, 5) is 8.59. The van der Waals surface area contributed by atoms with Crippen molar-refractivity contribution in [3.63, 3.8) is 0 Å². The van der Waals surface area contributed by atoms with Crippen molar-refractivity contribution in [3.05, 3.63) is 52.9 Å². The summed E-state index contributed by atoms with van der Waals surface area (Å²) in [7, 11) is 0. The molecule has 22 heavy (non-hydrogen) atoms. The van der Waals surface area contributed by atoms with Crippen molar-refractivity contribution < 1.29 is 9.47 Å². The van der Waals surface area contributed by atoms with Crippen LogP contribution in [0.4, 0.5) is 5.82 Å². The fraction of sp³-hybridized carbons (Fsp3) is 0.125. The molecule has 1 aromatic carbocycles. The van der Waals surface area contributed by atoms with Crippen LogP contribution in [0, 0.1) is 0 Å². The third kappa shape index (κ3) is 2.35. The van der Waals surface area contributed by atoms with E-state index >= 15 is 0 Å². The Morgan fingerprint density at radius 3 is 2.73 bits per heavy atom. The number of nitrogens with one attached hydrogen (secondary N) is 1. The first kappa shape index (κ1) is 13.3. The zero-order valence-electron chi connectivity index (χ0n) is 11.5. The van der Waals surface area contributed by atoms with E-state index in [1.165, 1.54) is 0 Å². The minimum Gasteiger partial charge on any atom is -0.454 e. The zero-order valence-corrected chi connectivity index (χ0v) is 13.1. The van der Waals surface area contributed by atoms with Gasteiger partial charge in [-0.25, -0.2) is 4.98 Å². The number of aromatic nitrogens is 2. The van der Waals surface area contributed by atoms with Crippen molar-refractivity contribution in [2.75, 3.05) is 12.1 Å². The quantitative estimate of drug-likeness (QED) is 0.773. The van der Waals surface area contributed by atoms with Crippen LogP contribution >= 0.6 is 15.9 Å². The van der Waals surface area contributed by atoms with Gasteiger partial charge in [-0.3, -0.25) is 4.98 Å². The molecule has 4 rings (SSSR count). The Balaban J connectivity index is 1.73. The van der Waals surface area contributed by atoms with E-state index in [2.05, 4.69) is 31.2 Å². The summed E-state index contributed by atoms with van der Waals surface area (Å²) < 4.78 is 11.8. The highest BCUT2D eigenvalue weighted by Gasteiger charge is 2.17. The van der Waals surface area contributed by atoms with Crippen molar-refractivity contribution in [1.29, 1.82) is 0 Å². The van der Waals surface area contributed by atoms with E-state index in [-0.39, 0.29) is 6.79 Å². The van der Waals surface area contributed by atoms with E-state index in [4.69, 9.17) is 9.47 Å². The molecular weight excluding hydrogens is 346 g/mol. The largest absolute Gasteiger partial charge is 0.454 e. The van der Waals surface area contributed by atoms with E-state index in [9.17, 15) is 0 Å². The highest BCUT2D eigenvalue weighted by molar-refractivity contribution is 9.10. The van der Waals surface area contributed by atoms with Crippen LogP contribution in [-0.4, -0.2) is 16.8 Å². The van der Waals surface area contributed by atoms with Crippen LogP contribution in [0.15, 0.2) is 47.3 Å². The summed E-state index contributed by atoms with van der Waals surface area (Å²) in [6.45, 7) is 0.918. The zero-order chi connectivity index (χ0) is 14.9. The molecule has 0 aliphatic carbocycles. The van der Waals surface area contributed by atoms with Crippen LogP contribution in [0.5, 0.6) is 11.5 Å². The van der Waals surface area contributed by atoms with Gasteiger partial charge in [-0.15, -0.1) is 0 Å². The first-order valence-corrected chi connectivity index (χ1v) is 7.61. The minimum atomic E-state index is 0.259. The number of halogens is 1. The average molecular weight is 358 g/mol. The van der Waals surface area contributed by atoms with E-state index in [1.54, 1.807) is 12.4 Å². The number of hydrogen-bond donors (Lipinski definition) is 1. The second-order valence-corrected chi connectivity index (χ2v) is 5.77. The third-order valence-corrected chi connectivity index (χ3v) is 4.15. The Bertz CT molecular complexity index is 840. The van der Waals surface area contributed by atoms with E-state index < -0.39 is 0 Å². The smallest absolute Gasteiger partial charge is 0.231 e. The molecule has 0 unspecified atom stereocenters. The van der Waals surface area contributed by atoms with Gasteiger partial charge in [-0.05, 0) is 39.7 Å². The van der Waals surface area contributed by atoms with Gasteiger partial charge in [-0.2, -0.15) is 0 Å². The molecule has 110 valence electrons. The minimum absolute atomic E-state index is 0.259. The first-order valence-electron chi connectivity index (χ1n) is 6.82. The molecule has 1 N–H and O–H groups in total. The number of nitrogens with zero attached hydrogens (tertiary/aromatic N) is 2. The molecule has 6 heteroatoms. The van der Waals surface area contributed by atoms with Crippen LogP contribution in [0.1, 0.15) is 5.56 Å². The molecule has 0 bridgehead atoms. The van der Waals surface area contributed by atoms with Gasteiger partial charge in [-0.1, -0.05) is 6.07 Å². The van der Waals surface area contributed by atoms with Gasteiger partial charge in [0.2, 0.25) is 6.79 Å². The molecule has 0 amide bonds. The summed E-state index contributed by atoms with van der Waals surface area (Å²) >= 11 is 3.54. The second-order valence-electron chi connectivity index (χ2n) is 4.92. The maximum absolute atomic E-state index is 5.46. The van der Waals surface area contributed by atoms with Crippen LogP contribution in [0.2, 0.25) is 0 Å². The maximum atomic E-state index is 5.46. The Hall–Kier alpha value is -2.34. The number of rotatable bonds is 3. The molecular formula is C16H12BrN3O2. The number of hydrogen-bond acceptors (Lipinski definition) is 5. The van der Waals surface area contributed by atoms with Gasteiger partial charge in [0.15, 0.2) is 11.5 Å². The predicted octanol–water partition coefficient (Wildman–Crippen LogP) is 3.73. The molecule has 0 saturated carbocycles. The lowest BCUT2D eigenvalue weighted by molar-refractivity contribution is 0.174. The molecule has 0 fully saturated rings. The fourth-order valence-electron chi connectivity index (χ4n) is 2.43. The van der Waals surface area contributed by atoms with Crippen molar-refractivity contribution in [2.45, 2.75) is 6.54 Å². The number of pyridine rings is 2. The Labute approximate surface area is 135 Å². The van der Waals surface area contributed by atoms with E-state index in [0.717, 1.165) is 38.1 Å². The lowest BCUT2D eigenvalue weighted by Gasteiger charge is -2.10. The number of anilines is 1. The van der Waals surface area contributed by atoms with Gasteiger partial charge < -0.3 is 14.8 Å². The molecule has 1 aliphatic rings. The van der Waals surface area contributed by atoms with Crippen molar-refractivity contribution >= 4 is 32.5 Å². The Morgan fingerprint density at radius 1 is 1.14 bits per heavy atom. The summed E-state index contributed by atoms with van der Waals surface area (Å²) in [5.74, 6) is 2.31. The van der Waals surface area contributed by atoms with Crippen LogP contribution < -0.4 is 14.8 Å². The first-order chi connectivity index (χ1) is 10.8. The molecule has 5 nitrogen and oxygen atoms in total. The second kappa shape index (κ2) is 5.46. The van der Waals surface area contributed by atoms with E-state index in [0.29, 0.717) is 6.54 Å². The van der Waals surface area contributed by atoms with Crippen molar-refractivity contribution in [1.82, 2.24) is 9.97 Å². The summed E-state index contributed by atoms with van der Waals surface area (Å²) in [6.07, 6.45) is 5.39. The standard InChI is InChI=1S/C16H12BrN3O2/c17-13-8-20-16(19-7-10-2-1-3-18-6-10)12-5-15-14(4-11(12)13)21-9-22-15/h1-6,8H,7,9H2,(H,19,20). The summed E-state index contributed by atoms with van der Waals surface area (Å²) in [5.41, 5.74) is 1.10. The molecule has 0 atom stereocenters. The lowest BCUT2D eigenvalue weighted by Crippen LogP contribution is -2.02. The predicted molar refractivity (Wildman–Crippen MR) is 87.1 cm³/mol. The Morgan fingerprint density at radius 2 is 1.95 bits per heavy atom. The molecule has 0 spiro atoms. The van der Waals surface area contributed by atoms with Gasteiger partial charge >= 0.3 is 0 Å². The normalized spacial score (nSPS) is 12.6. The number of benzene rings is 1.